The number of hydrogen-bond acceptors (Lipinski definition) is 3. The van der Waals surface area contributed by atoms with Crippen molar-refractivity contribution in [3.05, 3.63) is 47.9 Å². The van der Waals surface area contributed by atoms with Crippen LogP contribution in [0.2, 0.25) is 0 Å². The zero-order chi connectivity index (χ0) is 14.1. The maximum atomic E-state index is 12.1. The molecule has 0 aliphatic heterocycles. The van der Waals surface area contributed by atoms with E-state index in [1.807, 2.05) is 25.2 Å². The molecule has 4 N–H and O–H groups in total. The molecule has 0 saturated carbocycles. The number of carbonyl (C=O) groups is 1. The van der Waals surface area contributed by atoms with E-state index in [9.17, 15) is 4.79 Å². The number of amides is 1. The maximum absolute atomic E-state index is 12.1. The second-order valence-corrected chi connectivity index (χ2v) is 4.62. The highest BCUT2D eigenvalue weighted by Crippen LogP contribution is 2.20. The van der Waals surface area contributed by atoms with Crippen LogP contribution in [0.3, 0.4) is 0 Å². The lowest BCUT2D eigenvalue weighted by atomic mass is 10.2. The van der Waals surface area contributed by atoms with Crippen LogP contribution in [0.1, 0.15) is 16.2 Å². The molecule has 3 rings (SSSR count). The Labute approximate surface area is 115 Å². The van der Waals surface area contributed by atoms with Crippen molar-refractivity contribution in [2.24, 2.45) is 7.05 Å². The van der Waals surface area contributed by atoms with Gasteiger partial charge in [0.25, 0.3) is 5.91 Å². The Balaban J connectivity index is 1.79. The summed E-state index contributed by atoms with van der Waals surface area (Å²) in [5.74, 6) is -0.165. The monoisotopic (exact) mass is 269 g/mol. The van der Waals surface area contributed by atoms with Gasteiger partial charge in [-0.25, -0.2) is 0 Å². The van der Waals surface area contributed by atoms with Crippen molar-refractivity contribution in [2.45, 2.75) is 6.54 Å². The number of nitrogens with two attached hydrogens (primary N) is 1. The van der Waals surface area contributed by atoms with Gasteiger partial charge >= 0.3 is 0 Å². The number of aromatic amines is 1. The van der Waals surface area contributed by atoms with Crippen LogP contribution in [-0.4, -0.2) is 20.7 Å². The summed E-state index contributed by atoms with van der Waals surface area (Å²) in [6, 6.07) is 9.24. The minimum atomic E-state index is -0.165. The normalized spacial score (nSPS) is 10.8. The van der Waals surface area contributed by atoms with Crippen molar-refractivity contribution in [3.63, 3.8) is 0 Å². The molecule has 0 unspecified atom stereocenters. The van der Waals surface area contributed by atoms with Crippen LogP contribution in [0.25, 0.3) is 10.9 Å². The number of nitrogens with one attached hydrogen (secondary N) is 2. The number of aromatic nitrogens is 3. The molecule has 0 fully saturated rings. The highest BCUT2D eigenvalue weighted by Gasteiger charge is 2.11. The lowest BCUT2D eigenvalue weighted by molar-refractivity contribution is 0.0946. The number of nitrogens with zero attached hydrogens (tertiary/aromatic N) is 2. The van der Waals surface area contributed by atoms with Crippen LogP contribution in [-0.2, 0) is 13.6 Å². The van der Waals surface area contributed by atoms with E-state index >= 15 is 0 Å². The molecule has 2 heterocycles. The summed E-state index contributed by atoms with van der Waals surface area (Å²) in [5, 5.41) is 7.83. The summed E-state index contributed by atoms with van der Waals surface area (Å²) >= 11 is 0. The molecule has 0 aliphatic rings. The number of hydrogen-bond donors (Lipinski definition) is 3. The molecule has 0 saturated heterocycles. The van der Waals surface area contributed by atoms with E-state index in [0.29, 0.717) is 17.9 Å². The second-order valence-electron chi connectivity index (χ2n) is 4.62. The van der Waals surface area contributed by atoms with Crippen molar-refractivity contribution in [3.8, 4) is 0 Å². The Hall–Kier alpha value is -2.76. The van der Waals surface area contributed by atoms with Gasteiger partial charge in [0.1, 0.15) is 5.69 Å². The minimum Gasteiger partial charge on any atom is -0.397 e. The summed E-state index contributed by atoms with van der Waals surface area (Å²) in [6.07, 6.45) is 1.70. The third-order valence-corrected chi connectivity index (χ3v) is 3.29. The van der Waals surface area contributed by atoms with Crippen molar-refractivity contribution >= 4 is 22.5 Å². The Bertz CT molecular complexity index is 771. The first-order valence-electron chi connectivity index (χ1n) is 6.27. The number of para-hydroxylation sites is 1. The number of fused-ring (bicyclic) bond motifs is 1. The fourth-order valence-electron chi connectivity index (χ4n) is 2.14. The predicted octanol–water partition coefficient (Wildman–Crippen LogP) is 1.41. The molecule has 0 bridgehead atoms. The summed E-state index contributed by atoms with van der Waals surface area (Å²) in [7, 11) is 1.84. The van der Waals surface area contributed by atoms with Crippen molar-refractivity contribution in [1.29, 1.82) is 0 Å². The fourth-order valence-corrected chi connectivity index (χ4v) is 2.14. The standard InChI is InChI=1S/C14H15N5O/c1-19-10(5-6-17-19)8-16-14(20)12-7-9-3-2-4-11(15)13(9)18-12/h2-7,18H,8,15H2,1H3,(H,16,20). The third-order valence-electron chi connectivity index (χ3n) is 3.29. The lowest BCUT2D eigenvalue weighted by Crippen LogP contribution is -2.24. The number of anilines is 1. The molecule has 6 heteroatoms. The number of H-pyrrole nitrogens is 1. The first-order chi connectivity index (χ1) is 9.65. The Morgan fingerprint density at radius 2 is 2.30 bits per heavy atom. The van der Waals surface area contributed by atoms with Crippen LogP contribution < -0.4 is 11.1 Å². The van der Waals surface area contributed by atoms with E-state index in [0.717, 1.165) is 16.6 Å². The van der Waals surface area contributed by atoms with Crippen LogP contribution >= 0.6 is 0 Å². The molecular formula is C14H15N5O. The van der Waals surface area contributed by atoms with Gasteiger partial charge in [-0.15, -0.1) is 0 Å². The largest absolute Gasteiger partial charge is 0.397 e. The predicted molar refractivity (Wildman–Crippen MR) is 77.1 cm³/mol. The van der Waals surface area contributed by atoms with Gasteiger partial charge in [-0.2, -0.15) is 5.10 Å². The molecule has 1 amide bonds. The molecule has 20 heavy (non-hydrogen) atoms. The Morgan fingerprint density at radius 1 is 1.45 bits per heavy atom. The van der Waals surface area contributed by atoms with Gasteiger partial charge in [-0.05, 0) is 18.2 Å². The molecule has 102 valence electrons. The SMILES string of the molecule is Cn1nccc1CNC(=O)c1cc2cccc(N)c2[nH]1. The van der Waals surface area contributed by atoms with Crippen LogP contribution in [0, 0.1) is 0 Å². The minimum absolute atomic E-state index is 0.165. The summed E-state index contributed by atoms with van der Waals surface area (Å²) in [4.78, 5) is 15.2. The van der Waals surface area contributed by atoms with Gasteiger partial charge in [0, 0.05) is 18.6 Å². The molecular weight excluding hydrogens is 254 g/mol. The molecule has 0 spiro atoms. The second kappa shape index (κ2) is 4.73. The third kappa shape index (κ3) is 2.11. The molecule has 0 atom stereocenters. The zero-order valence-electron chi connectivity index (χ0n) is 11.1. The molecule has 6 nitrogen and oxygen atoms in total. The number of rotatable bonds is 3. The van der Waals surface area contributed by atoms with Gasteiger partial charge in [0.05, 0.1) is 23.4 Å². The van der Waals surface area contributed by atoms with Crippen LogP contribution in [0.15, 0.2) is 36.5 Å². The smallest absolute Gasteiger partial charge is 0.268 e. The van der Waals surface area contributed by atoms with Crippen molar-refractivity contribution < 1.29 is 4.79 Å². The number of benzene rings is 1. The van der Waals surface area contributed by atoms with Gasteiger partial charge in [-0.1, -0.05) is 12.1 Å². The quantitative estimate of drug-likeness (QED) is 0.628. The lowest BCUT2D eigenvalue weighted by Gasteiger charge is -2.04. The summed E-state index contributed by atoms with van der Waals surface area (Å²) in [5.41, 5.74) is 8.73. The fraction of sp³-hybridized carbons (Fsp3) is 0.143. The van der Waals surface area contributed by atoms with Crippen molar-refractivity contribution in [1.82, 2.24) is 20.1 Å². The number of carbonyl (C=O) groups excluding carboxylic acids is 1. The average molecular weight is 269 g/mol. The zero-order valence-corrected chi connectivity index (χ0v) is 11.1. The summed E-state index contributed by atoms with van der Waals surface area (Å²) in [6.45, 7) is 0.431. The van der Waals surface area contributed by atoms with E-state index < -0.39 is 0 Å². The highest BCUT2D eigenvalue weighted by molar-refractivity contribution is 6.00. The van der Waals surface area contributed by atoms with E-state index in [4.69, 9.17) is 5.73 Å². The molecule has 2 aromatic heterocycles. The van der Waals surface area contributed by atoms with Gasteiger partial charge in [-0.3, -0.25) is 9.48 Å². The molecule has 0 radical (unpaired) electrons. The van der Waals surface area contributed by atoms with E-state index in [2.05, 4.69) is 15.4 Å². The van der Waals surface area contributed by atoms with E-state index in [1.165, 1.54) is 0 Å². The highest BCUT2D eigenvalue weighted by atomic mass is 16.1. The van der Waals surface area contributed by atoms with Gasteiger partial charge < -0.3 is 16.0 Å². The Morgan fingerprint density at radius 3 is 3.00 bits per heavy atom. The summed E-state index contributed by atoms with van der Waals surface area (Å²) < 4.78 is 1.73. The maximum Gasteiger partial charge on any atom is 0.268 e. The molecule has 1 aromatic carbocycles. The first-order valence-corrected chi connectivity index (χ1v) is 6.27. The van der Waals surface area contributed by atoms with Gasteiger partial charge in [0.15, 0.2) is 0 Å². The topological polar surface area (TPSA) is 88.7 Å². The van der Waals surface area contributed by atoms with Crippen LogP contribution in [0.5, 0.6) is 0 Å². The average Bonchev–Trinajstić information content (AvgIpc) is 3.03. The van der Waals surface area contributed by atoms with Gasteiger partial charge in [0.2, 0.25) is 0 Å². The van der Waals surface area contributed by atoms with E-state index in [1.54, 1.807) is 23.0 Å². The van der Waals surface area contributed by atoms with Crippen molar-refractivity contribution in [2.75, 3.05) is 5.73 Å². The van der Waals surface area contributed by atoms with Crippen LogP contribution in [0.4, 0.5) is 5.69 Å². The molecule has 3 aromatic rings. The van der Waals surface area contributed by atoms with E-state index in [-0.39, 0.29) is 5.91 Å². The molecule has 0 aliphatic carbocycles. The number of nitrogen functional groups attached to an aromatic ring is 1. The first kappa shape index (κ1) is 12.3. The number of aryl methyl sites for hydroxylation is 1. The Kier molecular flexibility index (Phi) is 2.90.